The molecule has 0 radical (unpaired) electrons. The van der Waals surface area contributed by atoms with E-state index in [-0.39, 0.29) is 24.1 Å². The van der Waals surface area contributed by atoms with Crippen LogP contribution in [0.3, 0.4) is 0 Å². The highest BCUT2D eigenvalue weighted by molar-refractivity contribution is 6.00. The molecule has 2 aliphatic heterocycles. The van der Waals surface area contributed by atoms with Crippen LogP contribution in [0.2, 0.25) is 0 Å². The first kappa shape index (κ1) is 19.0. The van der Waals surface area contributed by atoms with Crippen molar-refractivity contribution < 1.29 is 19.1 Å². The fourth-order valence-electron chi connectivity index (χ4n) is 3.55. The summed E-state index contributed by atoms with van der Waals surface area (Å²) in [7, 11) is 0. The summed E-state index contributed by atoms with van der Waals surface area (Å²) in [4.78, 5) is 38.5. The second kappa shape index (κ2) is 7.58. The predicted molar refractivity (Wildman–Crippen MR) is 108 cm³/mol. The van der Waals surface area contributed by atoms with Gasteiger partial charge in [-0.2, -0.15) is 0 Å². The molecule has 7 nitrogen and oxygen atoms in total. The molecule has 0 spiro atoms. The Labute approximate surface area is 169 Å². The minimum atomic E-state index is -0.549. The number of hydrogen-bond donors (Lipinski definition) is 2. The maximum atomic E-state index is 12.7. The van der Waals surface area contributed by atoms with Crippen molar-refractivity contribution in [1.82, 2.24) is 4.90 Å². The molecule has 2 N–H and O–H groups in total. The first-order valence-corrected chi connectivity index (χ1v) is 9.65. The van der Waals surface area contributed by atoms with E-state index in [0.29, 0.717) is 30.2 Å². The van der Waals surface area contributed by atoms with Gasteiger partial charge in [-0.25, -0.2) is 0 Å². The van der Waals surface area contributed by atoms with Gasteiger partial charge in [0.1, 0.15) is 5.75 Å². The summed E-state index contributed by atoms with van der Waals surface area (Å²) < 4.78 is 5.52. The van der Waals surface area contributed by atoms with E-state index in [4.69, 9.17) is 4.74 Å². The van der Waals surface area contributed by atoms with Crippen LogP contribution in [0.25, 0.3) is 0 Å². The Hall–Kier alpha value is -3.35. The van der Waals surface area contributed by atoms with E-state index >= 15 is 0 Å². The van der Waals surface area contributed by atoms with Crippen LogP contribution in [0.1, 0.15) is 24.5 Å². The van der Waals surface area contributed by atoms with Crippen molar-refractivity contribution in [3.05, 3.63) is 53.6 Å². The van der Waals surface area contributed by atoms with Crippen molar-refractivity contribution in [2.75, 3.05) is 17.2 Å². The molecule has 2 aromatic carbocycles. The van der Waals surface area contributed by atoms with Crippen molar-refractivity contribution in [2.24, 2.45) is 5.92 Å². The first-order chi connectivity index (χ1) is 13.9. The number of carbonyl (C=O) groups is 3. The largest absolute Gasteiger partial charge is 0.479 e. The summed E-state index contributed by atoms with van der Waals surface area (Å²) in [5.41, 5.74) is 3.29. The maximum Gasteiger partial charge on any atom is 0.265 e. The number of nitrogens with zero attached hydrogens (tertiary/aromatic N) is 1. The zero-order valence-electron chi connectivity index (χ0n) is 16.4. The second-order valence-electron chi connectivity index (χ2n) is 7.61. The van der Waals surface area contributed by atoms with E-state index in [2.05, 4.69) is 10.6 Å². The summed E-state index contributed by atoms with van der Waals surface area (Å²) in [6.45, 7) is 4.58. The molecule has 1 saturated heterocycles. The quantitative estimate of drug-likeness (QED) is 0.836. The number of hydrogen-bond acceptors (Lipinski definition) is 4. The smallest absolute Gasteiger partial charge is 0.265 e. The number of ether oxygens (including phenoxy) is 1. The summed E-state index contributed by atoms with van der Waals surface area (Å²) in [5, 5.41) is 5.61. The molecule has 4 rings (SSSR count). The van der Waals surface area contributed by atoms with Gasteiger partial charge in [0.05, 0.1) is 11.6 Å². The van der Waals surface area contributed by atoms with Crippen LogP contribution in [0.5, 0.6) is 5.75 Å². The molecule has 29 heavy (non-hydrogen) atoms. The van der Waals surface area contributed by atoms with Crippen molar-refractivity contribution in [2.45, 2.75) is 32.9 Å². The lowest BCUT2D eigenvalue weighted by Crippen LogP contribution is -2.34. The van der Waals surface area contributed by atoms with E-state index in [1.165, 1.54) is 5.56 Å². The lowest BCUT2D eigenvalue weighted by atomic mass is 10.1. The predicted octanol–water partition coefficient (Wildman–Crippen LogP) is 2.70. The molecule has 150 valence electrons. The summed E-state index contributed by atoms with van der Waals surface area (Å²) in [6, 6.07) is 13.1. The van der Waals surface area contributed by atoms with Crippen LogP contribution in [0.4, 0.5) is 11.4 Å². The van der Waals surface area contributed by atoms with Crippen LogP contribution < -0.4 is 15.4 Å². The summed E-state index contributed by atoms with van der Waals surface area (Å²) in [6.07, 6.45) is -0.355. The molecule has 2 heterocycles. The van der Waals surface area contributed by atoms with E-state index < -0.39 is 12.0 Å². The summed E-state index contributed by atoms with van der Waals surface area (Å²) in [5.74, 6) is -0.300. The lowest BCUT2D eigenvalue weighted by Gasteiger charge is -2.24. The summed E-state index contributed by atoms with van der Waals surface area (Å²) >= 11 is 0. The average Bonchev–Trinajstić information content (AvgIpc) is 3.05. The number of carbonyl (C=O) groups excluding carboxylic acids is 3. The zero-order valence-corrected chi connectivity index (χ0v) is 16.4. The Kier molecular flexibility index (Phi) is 4.96. The molecular formula is C22H23N3O4. The monoisotopic (exact) mass is 393 g/mol. The number of fused-ring (bicyclic) bond motifs is 1. The molecule has 2 atom stereocenters. The van der Waals surface area contributed by atoms with Gasteiger partial charge < -0.3 is 20.3 Å². The molecular weight excluding hydrogens is 370 g/mol. The van der Waals surface area contributed by atoms with Crippen LogP contribution >= 0.6 is 0 Å². The SMILES string of the molecule is Cc1ccc(CN2CC(C(=O)Nc3ccc4c(c3)NC(=O)C(C)O4)CC2=O)cc1. The minimum absolute atomic E-state index is 0.0224. The molecule has 2 aliphatic rings. The average molecular weight is 393 g/mol. The number of anilines is 2. The Morgan fingerprint density at radius 3 is 2.72 bits per heavy atom. The number of benzene rings is 2. The van der Waals surface area contributed by atoms with Gasteiger partial charge in [0.15, 0.2) is 6.10 Å². The molecule has 0 saturated carbocycles. The van der Waals surface area contributed by atoms with Crippen LogP contribution in [0.15, 0.2) is 42.5 Å². The molecule has 2 aromatic rings. The molecule has 0 aromatic heterocycles. The third-order valence-corrected chi connectivity index (χ3v) is 5.26. The standard InChI is InChI=1S/C22H23N3O4/c1-13-3-5-15(6-4-13)11-25-12-16(9-20(25)26)22(28)23-17-7-8-19-18(10-17)24-21(27)14(2)29-19/h3-8,10,14,16H,9,11-12H2,1-2H3,(H,23,28)(H,24,27). The van der Waals surface area contributed by atoms with Gasteiger partial charge in [0.2, 0.25) is 11.8 Å². The van der Waals surface area contributed by atoms with Gasteiger partial charge in [0, 0.05) is 25.2 Å². The van der Waals surface area contributed by atoms with Crippen molar-refractivity contribution in [3.63, 3.8) is 0 Å². The lowest BCUT2D eigenvalue weighted by molar-refractivity contribution is -0.128. The first-order valence-electron chi connectivity index (χ1n) is 9.65. The van der Waals surface area contributed by atoms with E-state index in [0.717, 1.165) is 5.56 Å². The Bertz CT molecular complexity index is 971. The normalized spacial score (nSPS) is 20.7. The molecule has 3 amide bonds. The highest BCUT2D eigenvalue weighted by Crippen LogP contribution is 2.32. The number of rotatable bonds is 4. The van der Waals surface area contributed by atoms with Gasteiger partial charge >= 0.3 is 0 Å². The van der Waals surface area contributed by atoms with Gasteiger partial charge in [-0.15, -0.1) is 0 Å². The number of amides is 3. The molecule has 7 heteroatoms. The van der Waals surface area contributed by atoms with Gasteiger partial charge in [-0.05, 0) is 37.6 Å². The maximum absolute atomic E-state index is 12.7. The Morgan fingerprint density at radius 2 is 1.97 bits per heavy atom. The third kappa shape index (κ3) is 4.08. The van der Waals surface area contributed by atoms with Crippen LogP contribution in [0, 0.1) is 12.8 Å². The van der Waals surface area contributed by atoms with Crippen molar-refractivity contribution in [1.29, 1.82) is 0 Å². The van der Waals surface area contributed by atoms with Crippen molar-refractivity contribution >= 4 is 29.1 Å². The van der Waals surface area contributed by atoms with Crippen molar-refractivity contribution in [3.8, 4) is 5.75 Å². The molecule has 0 bridgehead atoms. The van der Waals surface area contributed by atoms with Gasteiger partial charge in [-0.1, -0.05) is 29.8 Å². The number of aryl methyl sites for hydroxylation is 1. The van der Waals surface area contributed by atoms with E-state index in [9.17, 15) is 14.4 Å². The number of likely N-dealkylation sites (tertiary alicyclic amines) is 1. The molecule has 2 unspecified atom stereocenters. The van der Waals surface area contributed by atoms with Gasteiger partial charge in [0.25, 0.3) is 5.91 Å². The van der Waals surface area contributed by atoms with E-state index in [1.54, 1.807) is 30.0 Å². The Morgan fingerprint density at radius 1 is 1.21 bits per heavy atom. The molecule has 0 aliphatic carbocycles. The van der Waals surface area contributed by atoms with E-state index in [1.807, 2.05) is 31.2 Å². The Balaban J connectivity index is 1.39. The van der Waals surface area contributed by atoms with Crippen LogP contribution in [-0.4, -0.2) is 35.3 Å². The minimum Gasteiger partial charge on any atom is -0.479 e. The van der Waals surface area contributed by atoms with Gasteiger partial charge in [-0.3, -0.25) is 14.4 Å². The third-order valence-electron chi connectivity index (χ3n) is 5.26. The highest BCUT2D eigenvalue weighted by Gasteiger charge is 2.34. The fourth-order valence-corrected chi connectivity index (χ4v) is 3.55. The second-order valence-corrected chi connectivity index (χ2v) is 7.61. The number of nitrogens with one attached hydrogen (secondary N) is 2. The topological polar surface area (TPSA) is 87.7 Å². The molecule has 1 fully saturated rings. The highest BCUT2D eigenvalue weighted by atomic mass is 16.5. The fraction of sp³-hybridized carbons (Fsp3) is 0.318. The van der Waals surface area contributed by atoms with Crippen LogP contribution in [-0.2, 0) is 20.9 Å². The zero-order chi connectivity index (χ0) is 20.5.